The summed E-state index contributed by atoms with van der Waals surface area (Å²) in [5.41, 5.74) is 7.03. The molecule has 33 heavy (non-hydrogen) atoms. The van der Waals surface area contributed by atoms with E-state index in [2.05, 4.69) is 0 Å². The van der Waals surface area contributed by atoms with Crippen molar-refractivity contribution in [2.75, 3.05) is 14.2 Å². The van der Waals surface area contributed by atoms with E-state index in [4.69, 9.17) is 20.3 Å². The van der Waals surface area contributed by atoms with Gasteiger partial charge < -0.3 is 30.5 Å². The summed E-state index contributed by atoms with van der Waals surface area (Å²) < 4.78 is 10.1. The van der Waals surface area contributed by atoms with Gasteiger partial charge in [-0.2, -0.15) is 0 Å². The molecule has 1 atom stereocenters. The molecule has 0 heterocycles. The third kappa shape index (κ3) is 7.22. The fourth-order valence-electron chi connectivity index (χ4n) is 2.91. The number of ketones is 2. The van der Waals surface area contributed by atoms with E-state index in [1.807, 2.05) is 0 Å². The Kier molecular flexibility index (Phi) is 8.76. The van der Waals surface area contributed by atoms with Crippen LogP contribution < -0.4 is 15.2 Å². The third-order valence-electron chi connectivity index (χ3n) is 4.66. The van der Waals surface area contributed by atoms with Gasteiger partial charge in [-0.3, -0.25) is 14.4 Å². The van der Waals surface area contributed by atoms with Crippen LogP contribution in [0.5, 0.6) is 23.0 Å². The number of hydrogen-bond acceptors (Lipinski definition) is 8. The second-order valence-corrected chi connectivity index (χ2v) is 7.08. The molecule has 0 aromatic heterocycles. The first-order valence-corrected chi connectivity index (χ1v) is 9.81. The van der Waals surface area contributed by atoms with Crippen molar-refractivity contribution in [1.82, 2.24) is 0 Å². The number of ether oxygens (including phenoxy) is 2. The Morgan fingerprint density at radius 1 is 0.939 bits per heavy atom. The second kappa shape index (κ2) is 11.5. The van der Waals surface area contributed by atoms with Gasteiger partial charge in [0, 0.05) is 0 Å². The molecule has 0 aliphatic heterocycles. The smallest absolute Gasteiger partial charge is 0.320 e. The van der Waals surface area contributed by atoms with Gasteiger partial charge in [-0.15, -0.1) is 0 Å². The highest BCUT2D eigenvalue weighted by Gasteiger charge is 2.16. The number of phenolic OH excluding ortho intramolecular Hbond substituents is 2. The SMILES string of the molecule is COc1cc(/C=C/C(=O)CC(=O)/C=C/c2cc(OC)c(O)cc2C[C@H](N)C(=O)O)ccc1O. The molecule has 0 saturated heterocycles. The lowest BCUT2D eigenvalue weighted by atomic mass is 9.98. The maximum atomic E-state index is 12.3. The monoisotopic (exact) mass is 455 g/mol. The van der Waals surface area contributed by atoms with E-state index in [1.54, 1.807) is 12.1 Å². The fraction of sp³-hybridized carbons (Fsp3) is 0.208. The summed E-state index contributed by atoms with van der Waals surface area (Å²) in [6.07, 6.45) is 4.88. The minimum atomic E-state index is -1.21. The van der Waals surface area contributed by atoms with Gasteiger partial charge in [-0.05, 0) is 59.5 Å². The molecule has 0 radical (unpaired) electrons. The van der Waals surface area contributed by atoms with E-state index in [-0.39, 0.29) is 35.8 Å². The zero-order valence-corrected chi connectivity index (χ0v) is 18.1. The van der Waals surface area contributed by atoms with Crippen molar-refractivity contribution in [3.8, 4) is 23.0 Å². The Labute approximate surface area is 190 Å². The molecule has 174 valence electrons. The molecule has 9 nitrogen and oxygen atoms in total. The highest BCUT2D eigenvalue weighted by atomic mass is 16.5. The topological polar surface area (TPSA) is 156 Å². The van der Waals surface area contributed by atoms with Crippen LogP contribution >= 0.6 is 0 Å². The Morgan fingerprint density at radius 3 is 2.15 bits per heavy atom. The molecule has 9 heteroatoms. The summed E-state index contributed by atoms with van der Waals surface area (Å²) in [6.45, 7) is 0. The molecular weight excluding hydrogens is 430 g/mol. The lowest BCUT2D eigenvalue weighted by Gasteiger charge is -2.13. The minimum absolute atomic E-state index is 0.0316. The summed E-state index contributed by atoms with van der Waals surface area (Å²) in [5, 5.41) is 28.6. The van der Waals surface area contributed by atoms with Crippen LogP contribution in [0.25, 0.3) is 12.2 Å². The van der Waals surface area contributed by atoms with Crippen molar-refractivity contribution in [1.29, 1.82) is 0 Å². The number of allylic oxidation sites excluding steroid dienone is 2. The van der Waals surface area contributed by atoms with Crippen LogP contribution in [-0.4, -0.2) is 53.1 Å². The molecule has 2 rings (SSSR count). The third-order valence-corrected chi connectivity index (χ3v) is 4.66. The van der Waals surface area contributed by atoms with Crippen LogP contribution in [-0.2, 0) is 20.8 Å². The van der Waals surface area contributed by atoms with E-state index < -0.39 is 23.6 Å². The van der Waals surface area contributed by atoms with Gasteiger partial charge in [-0.25, -0.2) is 0 Å². The zero-order valence-electron chi connectivity index (χ0n) is 18.1. The average Bonchev–Trinajstić information content (AvgIpc) is 2.77. The number of hydrogen-bond donors (Lipinski definition) is 4. The number of nitrogens with two attached hydrogens (primary N) is 1. The Hall–Kier alpha value is -4.11. The first-order valence-electron chi connectivity index (χ1n) is 9.81. The predicted octanol–water partition coefficient (Wildman–Crippen LogP) is 2.32. The van der Waals surface area contributed by atoms with E-state index in [1.165, 1.54) is 56.7 Å². The zero-order chi connectivity index (χ0) is 24.5. The Morgan fingerprint density at radius 2 is 1.55 bits per heavy atom. The van der Waals surface area contributed by atoms with Crippen LogP contribution in [0.1, 0.15) is 23.1 Å². The maximum absolute atomic E-state index is 12.3. The molecule has 0 saturated carbocycles. The van der Waals surface area contributed by atoms with Crippen LogP contribution in [0.15, 0.2) is 42.5 Å². The number of phenols is 2. The van der Waals surface area contributed by atoms with Gasteiger partial charge in [0.15, 0.2) is 34.6 Å². The summed E-state index contributed by atoms with van der Waals surface area (Å²) in [7, 11) is 2.76. The summed E-state index contributed by atoms with van der Waals surface area (Å²) >= 11 is 0. The molecular formula is C24H25NO8. The number of rotatable bonds is 11. The quantitative estimate of drug-likeness (QED) is 0.295. The van der Waals surface area contributed by atoms with Gasteiger partial charge in [0.2, 0.25) is 0 Å². The molecule has 0 unspecified atom stereocenters. The van der Waals surface area contributed by atoms with Crippen LogP contribution in [0, 0.1) is 0 Å². The predicted molar refractivity (Wildman–Crippen MR) is 121 cm³/mol. The molecule has 2 aromatic rings. The fourth-order valence-corrected chi connectivity index (χ4v) is 2.91. The number of carbonyl (C=O) groups is 3. The van der Waals surface area contributed by atoms with Gasteiger partial charge in [0.1, 0.15) is 6.04 Å². The highest BCUT2D eigenvalue weighted by molar-refractivity contribution is 6.11. The number of carboxylic acid groups (broad SMARTS) is 1. The Balaban J connectivity index is 2.12. The maximum Gasteiger partial charge on any atom is 0.320 e. The summed E-state index contributed by atoms with van der Waals surface area (Å²) in [5.74, 6) is -1.96. The lowest BCUT2D eigenvalue weighted by molar-refractivity contribution is -0.138. The second-order valence-electron chi connectivity index (χ2n) is 7.08. The van der Waals surface area contributed by atoms with Crippen LogP contribution in [0.3, 0.4) is 0 Å². The summed E-state index contributed by atoms with van der Waals surface area (Å²) in [4.78, 5) is 35.5. The number of carbonyl (C=O) groups excluding carboxylic acids is 2. The van der Waals surface area contributed by atoms with Crippen molar-refractivity contribution in [3.63, 3.8) is 0 Å². The standard InChI is InChI=1S/C24H25NO8/c1-32-22-9-14(4-8-20(22)28)3-6-17(26)13-18(27)7-5-15-12-23(33-2)21(29)11-16(15)10-19(25)24(30)31/h3-9,11-12,19,28-29H,10,13,25H2,1-2H3,(H,30,31)/b6-3+,7-5+/t19-/m0/s1. The molecule has 0 spiro atoms. The molecule has 0 aliphatic rings. The average molecular weight is 455 g/mol. The van der Waals surface area contributed by atoms with Crippen molar-refractivity contribution in [3.05, 3.63) is 59.2 Å². The molecule has 0 aliphatic carbocycles. The van der Waals surface area contributed by atoms with E-state index in [9.17, 15) is 24.6 Å². The van der Waals surface area contributed by atoms with Crippen molar-refractivity contribution < 1.29 is 39.2 Å². The largest absolute Gasteiger partial charge is 0.504 e. The molecule has 2 aromatic carbocycles. The first kappa shape index (κ1) is 25.2. The molecule has 5 N–H and O–H groups in total. The highest BCUT2D eigenvalue weighted by Crippen LogP contribution is 2.31. The number of aliphatic carboxylic acids is 1. The molecule has 0 bridgehead atoms. The van der Waals surface area contributed by atoms with E-state index >= 15 is 0 Å². The van der Waals surface area contributed by atoms with E-state index in [0.29, 0.717) is 16.7 Å². The van der Waals surface area contributed by atoms with Crippen LogP contribution in [0.2, 0.25) is 0 Å². The number of aromatic hydroxyl groups is 2. The van der Waals surface area contributed by atoms with Gasteiger partial charge in [0.05, 0.1) is 20.6 Å². The van der Waals surface area contributed by atoms with Gasteiger partial charge in [-0.1, -0.05) is 18.2 Å². The normalized spacial score (nSPS) is 12.1. The minimum Gasteiger partial charge on any atom is -0.504 e. The van der Waals surface area contributed by atoms with Gasteiger partial charge >= 0.3 is 5.97 Å². The summed E-state index contributed by atoms with van der Waals surface area (Å²) in [6, 6.07) is 6.13. The molecule has 0 amide bonds. The van der Waals surface area contributed by atoms with Gasteiger partial charge in [0.25, 0.3) is 0 Å². The van der Waals surface area contributed by atoms with Crippen LogP contribution in [0.4, 0.5) is 0 Å². The Bertz CT molecular complexity index is 1100. The molecule has 0 fully saturated rings. The van der Waals surface area contributed by atoms with Crippen molar-refractivity contribution in [2.24, 2.45) is 5.73 Å². The number of carboxylic acids is 1. The number of methoxy groups -OCH3 is 2. The number of benzene rings is 2. The van der Waals surface area contributed by atoms with Crippen molar-refractivity contribution in [2.45, 2.75) is 18.9 Å². The first-order chi connectivity index (χ1) is 15.6. The lowest BCUT2D eigenvalue weighted by Crippen LogP contribution is -2.32. The van der Waals surface area contributed by atoms with E-state index in [0.717, 1.165) is 0 Å². The van der Waals surface area contributed by atoms with Crippen molar-refractivity contribution >= 4 is 29.7 Å².